The van der Waals surface area contributed by atoms with Crippen LogP contribution in [0.25, 0.3) is 11.0 Å². The Labute approximate surface area is 130 Å². The molecule has 22 heavy (non-hydrogen) atoms. The van der Waals surface area contributed by atoms with Crippen molar-refractivity contribution in [1.82, 2.24) is 14.9 Å². The van der Waals surface area contributed by atoms with Gasteiger partial charge in [0.2, 0.25) is 5.91 Å². The van der Waals surface area contributed by atoms with Gasteiger partial charge in [0.1, 0.15) is 5.82 Å². The maximum atomic E-state index is 12.4. The van der Waals surface area contributed by atoms with Crippen LogP contribution in [0.4, 0.5) is 0 Å². The van der Waals surface area contributed by atoms with E-state index in [0.29, 0.717) is 13.0 Å². The molecule has 1 saturated heterocycles. The summed E-state index contributed by atoms with van der Waals surface area (Å²) in [6.45, 7) is 3.44. The Bertz CT molecular complexity index is 659. The highest BCUT2D eigenvalue weighted by molar-refractivity contribution is 5.81. The molecule has 1 aliphatic heterocycles. The molecule has 0 spiro atoms. The predicted molar refractivity (Wildman–Crippen MR) is 85.8 cm³/mol. The Morgan fingerprint density at radius 3 is 3.09 bits per heavy atom. The molecular weight excluding hydrogens is 278 g/mol. The molecule has 0 bridgehead atoms. The van der Waals surface area contributed by atoms with Gasteiger partial charge in [0.25, 0.3) is 0 Å². The summed E-state index contributed by atoms with van der Waals surface area (Å²) >= 11 is 0. The lowest BCUT2D eigenvalue weighted by atomic mass is 10.1. The van der Waals surface area contributed by atoms with Crippen molar-refractivity contribution in [3.63, 3.8) is 0 Å². The fourth-order valence-electron chi connectivity index (χ4n) is 2.96. The third kappa shape index (κ3) is 3.47. The summed E-state index contributed by atoms with van der Waals surface area (Å²) in [5.41, 5.74) is 2.94. The Morgan fingerprint density at radius 1 is 1.45 bits per heavy atom. The van der Waals surface area contributed by atoms with Gasteiger partial charge in [-0.25, -0.2) is 4.98 Å². The van der Waals surface area contributed by atoms with Crippen molar-refractivity contribution in [2.75, 3.05) is 20.2 Å². The number of aromatic amines is 1. The van der Waals surface area contributed by atoms with Crippen molar-refractivity contribution < 1.29 is 9.53 Å². The van der Waals surface area contributed by atoms with Crippen molar-refractivity contribution in [2.24, 2.45) is 0 Å². The summed E-state index contributed by atoms with van der Waals surface area (Å²) < 4.78 is 5.70. The second-order valence-electron chi connectivity index (χ2n) is 6.11. The molecule has 1 amide bonds. The number of hydrogen-bond acceptors (Lipinski definition) is 3. The topological polar surface area (TPSA) is 58.2 Å². The molecule has 2 heterocycles. The molecular formula is C17H23N3O2. The highest BCUT2D eigenvalue weighted by Crippen LogP contribution is 2.16. The van der Waals surface area contributed by atoms with Gasteiger partial charge in [0.05, 0.1) is 23.6 Å². The molecule has 1 aliphatic rings. The van der Waals surface area contributed by atoms with Crippen LogP contribution < -0.4 is 0 Å². The van der Waals surface area contributed by atoms with E-state index >= 15 is 0 Å². The number of aryl methyl sites for hydroxylation is 1. The fraction of sp³-hybridized carbons (Fsp3) is 0.529. The van der Waals surface area contributed by atoms with Crippen LogP contribution in [-0.2, 0) is 16.0 Å². The first-order chi connectivity index (χ1) is 10.6. The lowest BCUT2D eigenvalue weighted by Crippen LogP contribution is -2.37. The normalized spacial score (nSPS) is 18.5. The van der Waals surface area contributed by atoms with Crippen LogP contribution in [0.2, 0.25) is 0 Å². The van der Waals surface area contributed by atoms with Gasteiger partial charge in [-0.2, -0.15) is 0 Å². The minimum absolute atomic E-state index is 0.129. The van der Waals surface area contributed by atoms with Crippen molar-refractivity contribution in [1.29, 1.82) is 0 Å². The van der Waals surface area contributed by atoms with E-state index in [2.05, 4.69) is 9.97 Å². The highest BCUT2D eigenvalue weighted by atomic mass is 16.5. The quantitative estimate of drug-likeness (QED) is 0.943. The van der Waals surface area contributed by atoms with Crippen molar-refractivity contribution >= 4 is 16.9 Å². The summed E-state index contributed by atoms with van der Waals surface area (Å²) in [6.07, 6.45) is 3.99. The Balaban J connectivity index is 1.61. The van der Waals surface area contributed by atoms with E-state index in [-0.39, 0.29) is 12.0 Å². The monoisotopic (exact) mass is 301 g/mol. The van der Waals surface area contributed by atoms with Gasteiger partial charge in [-0.3, -0.25) is 4.79 Å². The first-order valence-electron chi connectivity index (χ1n) is 7.92. The van der Waals surface area contributed by atoms with Gasteiger partial charge in [0.15, 0.2) is 0 Å². The summed E-state index contributed by atoms with van der Waals surface area (Å²) in [5.74, 6) is 1.02. The SMILES string of the molecule is Cc1nc2ccc(CC(=O)N(C)CC3CCCCO3)cc2[nH]1. The van der Waals surface area contributed by atoms with E-state index in [1.165, 1.54) is 6.42 Å². The van der Waals surface area contributed by atoms with Crippen LogP contribution >= 0.6 is 0 Å². The number of carbonyl (C=O) groups is 1. The minimum atomic E-state index is 0.129. The zero-order chi connectivity index (χ0) is 15.5. The molecule has 1 N–H and O–H groups in total. The van der Waals surface area contributed by atoms with E-state index in [1.54, 1.807) is 4.90 Å². The Hall–Kier alpha value is -1.88. The van der Waals surface area contributed by atoms with Crippen molar-refractivity contribution in [2.45, 2.75) is 38.7 Å². The van der Waals surface area contributed by atoms with Crippen LogP contribution in [0.3, 0.4) is 0 Å². The average Bonchev–Trinajstić information content (AvgIpc) is 2.87. The molecule has 0 aliphatic carbocycles. The maximum absolute atomic E-state index is 12.4. The van der Waals surface area contributed by atoms with Gasteiger partial charge in [0, 0.05) is 20.2 Å². The van der Waals surface area contributed by atoms with Crippen molar-refractivity contribution in [3.05, 3.63) is 29.6 Å². The third-order valence-corrected chi connectivity index (χ3v) is 4.20. The van der Waals surface area contributed by atoms with E-state index < -0.39 is 0 Å². The molecule has 3 rings (SSSR count). The van der Waals surface area contributed by atoms with Crippen molar-refractivity contribution in [3.8, 4) is 0 Å². The van der Waals surface area contributed by atoms with Crippen LogP contribution in [0, 0.1) is 6.92 Å². The second kappa shape index (κ2) is 6.48. The molecule has 118 valence electrons. The fourth-order valence-corrected chi connectivity index (χ4v) is 2.96. The highest BCUT2D eigenvalue weighted by Gasteiger charge is 2.19. The minimum Gasteiger partial charge on any atom is -0.376 e. The molecule has 1 aromatic heterocycles. The van der Waals surface area contributed by atoms with E-state index in [9.17, 15) is 4.79 Å². The third-order valence-electron chi connectivity index (χ3n) is 4.20. The van der Waals surface area contributed by atoms with E-state index in [4.69, 9.17) is 4.74 Å². The number of amides is 1. The first kappa shape index (κ1) is 15.0. The van der Waals surface area contributed by atoms with Gasteiger partial charge in [-0.1, -0.05) is 6.07 Å². The number of H-pyrrole nitrogens is 1. The number of rotatable bonds is 4. The number of imidazole rings is 1. The zero-order valence-electron chi connectivity index (χ0n) is 13.3. The number of fused-ring (bicyclic) bond motifs is 1. The Kier molecular flexibility index (Phi) is 4.43. The molecule has 0 saturated carbocycles. The molecule has 0 radical (unpaired) electrons. The lowest BCUT2D eigenvalue weighted by Gasteiger charge is -2.27. The summed E-state index contributed by atoms with van der Waals surface area (Å²) in [5, 5.41) is 0. The average molecular weight is 301 g/mol. The zero-order valence-corrected chi connectivity index (χ0v) is 13.3. The number of nitrogens with one attached hydrogen (secondary N) is 1. The molecule has 5 heteroatoms. The number of likely N-dealkylation sites (N-methyl/N-ethyl adjacent to an activating group) is 1. The number of aromatic nitrogens is 2. The van der Waals surface area contributed by atoms with Gasteiger partial charge in [-0.15, -0.1) is 0 Å². The lowest BCUT2D eigenvalue weighted by molar-refractivity contribution is -0.131. The van der Waals surface area contributed by atoms with Crippen LogP contribution in [0.5, 0.6) is 0 Å². The number of benzene rings is 1. The Morgan fingerprint density at radius 2 is 2.32 bits per heavy atom. The summed E-state index contributed by atoms with van der Waals surface area (Å²) in [4.78, 5) is 21.8. The molecule has 1 atom stereocenters. The van der Waals surface area contributed by atoms with Crippen LogP contribution in [0.1, 0.15) is 30.7 Å². The summed E-state index contributed by atoms with van der Waals surface area (Å²) in [6, 6.07) is 5.95. The molecule has 1 aromatic carbocycles. The first-order valence-corrected chi connectivity index (χ1v) is 7.92. The molecule has 1 unspecified atom stereocenters. The number of ether oxygens (including phenoxy) is 1. The summed E-state index contributed by atoms with van der Waals surface area (Å²) in [7, 11) is 1.86. The largest absolute Gasteiger partial charge is 0.376 e. The smallest absolute Gasteiger partial charge is 0.226 e. The molecule has 5 nitrogen and oxygen atoms in total. The number of nitrogens with zero attached hydrogens (tertiary/aromatic N) is 2. The standard InChI is InChI=1S/C17H23N3O2/c1-12-18-15-7-6-13(9-16(15)19-12)10-17(21)20(2)11-14-5-3-4-8-22-14/h6-7,9,14H,3-5,8,10-11H2,1-2H3,(H,18,19). The van der Waals surface area contributed by atoms with Crippen LogP contribution in [-0.4, -0.2) is 47.1 Å². The molecule has 2 aromatic rings. The van der Waals surface area contributed by atoms with Gasteiger partial charge >= 0.3 is 0 Å². The van der Waals surface area contributed by atoms with E-state index in [0.717, 1.165) is 41.9 Å². The van der Waals surface area contributed by atoms with Gasteiger partial charge < -0.3 is 14.6 Å². The number of carbonyl (C=O) groups excluding carboxylic acids is 1. The number of hydrogen-bond donors (Lipinski definition) is 1. The van der Waals surface area contributed by atoms with E-state index in [1.807, 2.05) is 32.2 Å². The maximum Gasteiger partial charge on any atom is 0.226 e. The van der Waals surface area contributed by atoms with Gasteiger partial charge in [-0.05, 0) is 43.9 Å². The van der Waals surface area contributed by atoms with Crippen LogP contribution in [0.15, 0.2) is 18.2 Å². The predicted octanol–water partition coefficient (Wildman–Crippen LogP) is 2.44. The molecule has 1 fully saturated rings. The second-order valence-corrected chi connectivity index (χ2v) is 6.11.